The van der Waals surface area contributed by atoms with Crippen molar-refractivity contribution in [3.8, 4) is 0 Å². The van der Waals surface area contributed by atoms with Gasteiger partial charge in [0.2, 0.25) is 0 Å². The molecule has 3 aliphatic rings. The third-order valence-electron chi connectivity index (χ3n) is 5.52. The normalized spacial score (nSPS) is 42.9. The summed E-state index contributed by atoms with van der Waals surface area (Å²) in [6.07, 6.45) is 11.7. The van der Waals surface area contributed by atoms with Crippen LogP contribution in [-0.2, 0) is 0 Å². The molecule has 17 heavy (non-hydrogen) atoms. The number of hydrogen-bond acceptors (Lipinski definition) is 2. The van der Waals surface area contributed by atoms with Gasteiger partial charge in [-0.15, -0.1) is 0 Å². The molecule has 98 valence electrons. The van der Waals surface area contributed by atoms with Crippen molar-refractivity contribution in [3.05, 3.63) is 0 Å². The Morgan fingerprint density at radius 2 is 1.94 bits per heavy atom. The van der Waals surface area contributed by atoms with Crippen molar-refractivity contribution in [1.82, 2.24) is 10.2 Å². The molecule has 4 unspecified atom stereocenters. The highest BCUT2D eigenvalue weighted by atomic mass is 15.2. The fourth-order valence-corrected chi connectivity index (χ4v) is 4.53. The van der Waals surface area contributed by atoms with Crippen molar-refractivity contribution in [2.75, 3.05) is 20.1 Å². The Bertz CT molecular complexity index is 253. The molecule has 1 saturated heterocycles. The van der Waals surface area contributed by atoms with Crippen molar-refractivity contribution in [3.63, 3.8) is 0 Å². The summed E-state index contributed by atoms with van der Waals surface area (Å²) in [6, 6.07) is 1.75. The van der Waals surface area contributed by atoms with E-state index in [1.54, 1.807) is 0 Å². The van der Waals surface area contributed by atoms with E-state index >= 15 is 0 Å². The molecule has 0 amide bonds. The van der Waals surface area contributed by atoms with Gasteiger partial charge in [0.25, 0.3) is 0 Å². The average Bonchev–Trinajstić information content (AvgIpc) is 2.87. The lowest BCUT2D eigenvalue weighted by atomic mass is 9.93. The molecule has 1 aliphatic heterocycles. The number of hydrogen-bond donors (Lipinski definition) is 1. The summed E-state index contributed by atoms with van der Waals surface area (Å²) in [5.41, 5.74) is 0. The molecule has 2 heteroatoms. The maximum atomic E-state index is 3.59. The van der Waals surface area contributed by atoms with Gasteiger partial charge in [0.05, 0.1) is 0 Å². The summed E-state index contributed by atoms with van der Waals surface area (Å²) in [6.45, 7) is 2.80. The molecular formula is C15H28N2. The summed E-state index contributed by atoms with van der Waals surface area (Å²) < 4.78 is 0. The Labute approximate surface area is 106 Å². The van der Waals surface area contributed by atoms with Crippen LogP contribution in [0.25, 0.3) is 0 Å². The zero-order valence-electron chi connectivity index (χ0n) is 11.3. The SMILES string of the molecule is CNC1CCCCCC1CN1CC2CCC1C2. The molecule has 0 aromatic carbocycles. The molecule has 2 aliphatic carbocycles. The molecule has 3 rings (SSSR count). The van der Waals surface area contributed by atoms with Gasteiger partial charge < -0.3 is 5.32 Å². The predicted octanol–water partition coefficient (Wildman–Crippen LogP) is 2.64. The van der Waals surface area contributed by atoms with Crippen molar-refractivity contribution in [2.24, 2.45) is 11.8 Å². The molecule has 3 fully saturated rings. The summed E-state index contributed by atoms with van der Waals surface area (Å²) >= 11 is 0. The van der Waals surface area contributed by atoms with Crippen LogP contribution in [0.5, 0.6) is 0 Å². The first-order valence-corrected chi connectivity index (χ1v) is 7.78. The lowest BCUT2D eigenvalue weighted by Crippen LogP contribution is -2.43. The quantitative estimate of drug-likeness (QED) is 0.758. The Balaban J connectivity index is 1.58. The lowest BCUT2D eigenvalue weighted by molar-refractivity contribution is 0.159. The Morgan fingerprint density at radius 3 is 2.65 bits per heavy atom. The van der Waals surface area contributed by atoms with E-state index in [-0.39, 0.29) is 0 Å². The van der Waals surface area contributed by atoms with Crippen molar-refractivity contribution < 1.29 is 0 Å². The Hall–Kier alpha value is -0.0800. The minimum absolute atomic E-state index is 0.789. The second-order valence-corrected chi connectivity index (χ2v) is 6.58. The Kier molecular flexibility index (Phi) is 3.72. The van der Waals surface area contributed by atoms with Crippen LogP contribution in [0.1, 0.15) is 51.4 Å². The molecule has 2 bridgehead atoms. The molecule has 0 aromatic heterocycles. The van der Waals surface area contributed by atoms with Crippen LogP contribution in [0.3, 0.4) is 0 Å². The van der Waals surface area contributed by atoms with E-state index < -0.39 is 0 Å². The summed E-state index contributed by atoms with van der Waals surface area (Å²) in [4.78, 5) is 2.83. The number of nitrogens with zero attached hydrogens (tertiary/aromatic N) is 1. The zero-order valence-corrected chi connectivity index (χ0v) is 11.3. The maximum Gasteiger partial charge on any atom is 0.0104 e. The minimum atomic E-state index is 0.789. The highest BCUT2D eigenvalue weighted by molar-refractivity contribution is 4.94. The number of likely N-dealkylation sites (tertiary alicyclic amines) is 1. The second-order valence-electron chi connectivity index (χ2n) is 6.58. The van der Waals surface area contributed by atoms with Crippen LogP contribution >= 0.6 is 0 Å². The highest BCUT2D eigenvalue weighted by Gasteiger charge is 2.39. The summed E-state index contributed by atoms with van der Waals surface area (Å²) in [5.74, 6) is 1.97. The van der Waals surface area contributed by atoms with Gasteiger partial charge in [-0.2, -0.15) is 0 Å². The van der Waals surface area contributed by atoms with Crippen molar-refractivity contribution >= 4 is 0 Å². The number of nitrogens with one attached hydrogen (secondary N) is 1. The van der Waals surface area contributed by atoms with Crippen LogP contribution in [0.15, 0.2) is 0 Å². The Morgan fingerprint density at radius 1 is 1.06 bits per heavy atom. The summed E-state index contributed by atoms with van der Waals surface area (Å²) in [7, 11) is 2.17. The monoisotopic (exact) mass is 236 g/mol. The first kappa shape index (κ1) is 12.0. The van der Waals surface area contributed by atoms with Gasteiger partial charge in [-0.05, 0) is 51.0 Å². The van der Waals surface area contributed by atoms with Gasteiger partial charge in [0.1, 0.15) is 0 Å². The first-order chi connectivity index (χ1) is 8.36. The van der Waals surface area contributed by atoms with E-state index in [1.807, 2.05) is 0 Å². The van der Waals surface area contributed by atoms with Crippen LogP contribution in [0, 0.1) is 11.8 Å². The van der Waals surface area contributed by atoms with Gasteiger partial charge in [0, 0.05) is 25.2 Å². The van der Waals surface area contributed by atoms with E-state index in [9.17, 15) is 0 Å². The third kappa shape index (κ3) is 2.53. The fourth-order valence-electron chi connectivity index (χ4n) is 4.53. The zero-order chi connectivity index (χ0) is 11.7. The second kappa shape index (κ2) is 5.27. The van der Waals surface area contributed by atoms with E-state index in [4.69, 9.17) is 0 Å². The molecule has 2 saturated carbocycles. The predicted molar refractivity (Wildman–Crippen MR) is 72.1 cm³/mol. The van der Waals surface area contributed by atoms with Crippen LogP contribution in [0.4, 0.5) is 0 Å². The molecule has 0 spiro atoms. The fraction of sp³-hybridized carbons (Fsp3) is 1.00. The standard InChI is InChI=1S/C15H28N2/c1-16-15-6-4-2-3-5-13(15)11-17-10-12-7-8-14(17)9-12/h12-16H,2-11H2,1H3. The maximum absolute atomic E-state index is 3.59. The van der Waals surface area contributed by atoms with Gasteiger partial charge >= 0.3 is 0 Å². The first-order valence-electron chi connectivity index (χ1n) is 7.78. The summed E-state index contributed by atoms with van der Waals surface area (Å²) in [5, 5.41) is 3.59. The lowest BCUT2D eigenvalue weighted by Gasteiger charge is -2.33. The molecule has 1 heterocycles. The average molecular weight is 236 g/mol. The number of rotatable bonds is 3. The largest absolute Gasteiger partial charge is 0.317 e. The molecule has 0 aromatic rings. The minimum Gasteiger partial charge on any atom is -0.317 e. The molecule has 4 atom stereocenters. The molecule has 1 N–H and O–H groups in total. The third-order valence-corrected chi connectivity index (χ3v) is 5.52. The van der Waals surface area contributed by atoms with E-state index in [0.29, 0.717) is 0 Å². The van der Waals surface area contributed by atoms with E-state index in [1.165, 1.54) is 64.5 Å². The molecule has 0 radical (unpaired) electrons. The van der Waals surface area contributed by atoms with Gasteiger partial charge in [-0.25, -0.2) is 0 Å². The topological polar surface area (TPSA) is 15.3 Å². The van der Waals surface area contributed by atoms with Crippen molar-refractivity contribution in [1.29, 1.82) is 0 Å². The smallest absolute Gasteiger partial charge is 0.0104 e. The number of piperidine rings is 1. The van der Waals surface area contributed by atoms with Crippen LogP contribution in [-0.4, -0.2) is 37.1 Å². The highest BCUT2D eigenvalue weighted by Crippen LogP contribution is 2.38. The van der Waals surface area contributed by atoms with Crippen LogP contribution < -0.4 is 5.32 Å². The number of fused-ring (bicyclic) bond motifs is 2. The van der Waals surface area contributed by atoms with Gasteiger partial charge in [-0.3, -0.25) is 4.90 Å². The van der Waals surface area contributed by atoms with Gasteiger partial charge in [-0.1, -0.05) is 19.3 Å². The molecule has 2 nitrogen and oxygen atoms in total. The van der Waals surface area contributed by atoms with E-state index in [0.717, 1.165) is 23.9 Å². The van der Waals surface area contributed by atoms with E-state index in [2.05, 4.69) is 17.3 Å². The van der Waals surface area contributed by atoms with Gasteiger partial charge in [0.15, 0.2) is 0 Å². The van der Waals surface area contributed by atoms with Crippen LogP contribution in [0.2, 0.25) is 0 Å². The molecular weight excluding hydrogens is 208 g/mol. The van der Waals surface area contributed by atoms with Crippen molar-refractivity contribution in [2.45, 2.75) is 63.5 Å².